The first kappa shape index (κ1) is 10.1. The van der Waals surface area contributed by atoms with Gasteiger partial charge in [-0.2, -0.15) is 0 Å². The topological polar surface area (TPSA) is 36.4 Å². The Balaban J connectivity index is 1.87. The minimum absolute atomic E-state index is 0.130. The highest BCUT2D eigenvalue weighted by atomic mass is 16.3. The number of aryl methyl sites for hydroxylation is 1. The van der Waals surface area contributed by atoms with E-state index in [0.717, 1.165) is 18.5 Å². The van der Waals surface area contributed by atoms with Gasteiger partial charge in [0, 0.05) is 23.6 Å². The molecule has 0 spiro atoms. The molecule has 1 aromatic heterocycles. The fraction of sp³-hybridized carbons (Fsp3) is 0.615. The molecule has 2 saturated carbocycles. The lowest BCUT2D eigenvalue weighted by Crippen LogP contribution is -2.51. The lowest BCUT2D eigenvalue weighted by molar-refractivity contribution is 0.0636. The molecule has 1 aromatic rings. The van der Waals surface area contributed by atoms with Gasteiger partial charge in [0.1, 0.15) is 0 Å². The van der Waals surface area contributed by atoms with Crippen molar-refractivity contribution in [2.75, 3.05) is 4.90 Å². The Morgan fingerprint density at radius 1 is 1.31 bits per heavy atom. The summed E-state index contributed by atoms with van der Waals surface area (Å²) >= 11 is 0. The van der Waals surface area contributed by atoms with Gasteiger partial charge in [0.15, 0.2) is 0 Å². The maximum absolute atomic E-state index is 9.83. The SMILES string of the molecule is Cc1cc(N(C2CC2)C2CCC2O)ccn1. The van der Waals surface area contributed by atoms with Crippen molar-refractivity contribution in [3.05, 3.63) is 24.0 Å². The Kier molecular flexibility index (Phi) is 2.36. The molecule has 2 fully saturated rings. The predicted octanol–water partition coefficient (Wildman–Crippen LogP) is 1.88. The third-order valence-corrected chi connectivity index (χ3v) is 3.68. The van der Waals surface area contributed by atoms with Crippen LogP contribution in [-0.4, -0.2) is 28.3 Å². The maximum Gasteiger partial charge on any atom is 0.0744 e. The van der Waals surface area contributed by atoms with Gasteiger partial charge in [-0.05, 0) is 44.7 Å². The van der Waals surface area contributed by atoms with Crippen molar-refractivity contribution in [2.24, 2.45) is 0 Å². The molecule has 0 bridgehead atoms. The standard InChI is InChI=1S/C13H18N2O/c1-9-8-11(6-7-14-9)15(10-2-3-10)12-4-5-13(12)16/h6-8,10,12-13,16H,2-5H2,1H3. The van der Waals surface area contributed by atoms with Crippen molar-refractivity contribution in [3.63, 3.8) is 0 Å². The quantitative estimate of drug-likeness (QED) is 0.841. The Morgan fingerprint density at radius 2 is 2.12 bits per heavy atom. The van der Waals surface area contributed by atoms with Gasteiger partial charge in [0.25, 0.3) is 0 Å². The Morgan fingerprint density at radius 3 is 2.62 bits per heavy atom. The molecule has 2 aliphatic rings. The van der Waals surface area contributed by atoms with E-state index in [1.807, 2.05) is 13.1 Å². The molecule has 16 heavy (non-hydrogen) atoms. The van der Waals surface area contributed by atoms with Crippen LogP contribution < -0.4 is 4.90 Å². The fourth-order valence-electron chi connectivity index (χ4n) is 2.51. The number of pyridine rings is 1. The predicted molar refractivity (Wildman–Crippen MR) is 63.5 cm³/mol. The lowest BCUT2D eigenvalue weighted by Gasteiger charge is -2.43. The van der Waals surface area contributed by atoms with E-state index in [1.165, 1.54) is 18.5 Å². The molecular weight excluding hydrogens is 200 g/mol. The summed E-state index contributed by atoms with van der Waals surface area (Å²) < 4.78 is 0. The summed E-state index contributed by atoms with van der Waals surface area (Å²) in [5.74, 6) is 0. The zero-order chi connectivity index (χ0) is 11.1. The molecular formula is C13H18N2O. The second-order valence-electron chi connectivity index (χ2n) is 5.01. The van der Waals surface area contributed by atoms with Gasteiger partial charge < -0.3 is 10.0 Å². The van der Waals surface area contributed by atoms with Crippen LogP contribution in [0.3, 0.4) is 0 Å². The zero-order valence-electron chi connectivity index (χ0n) is 9.63. The Bertz CT molecular complexity index is 389. The van der Waals surface area contributed by atoms with Gasteiger partial charge in [-0.25, -0.2) is 0 Å². The van der Waals surface area contributed by atoms with Gasteiger partial charge in [-0.15, -0.1) is 0 Å². The van der Waals surface area contributed by atoms with E-state index in [-0.39, 0.29) is 6.10 Å². The van der Waals surface area contributed by atoms with Gasteiger partial charge in [-0.1, -0.05) is 0 Å². The van der Waals surface area contributed by atoms with Crippen LogP contribution in [-0.2, 0) is 0 Å². The molecule has 0 amide bonds. The van der Waals surface area contributed by atoms with Gasteiger partial charge >= 0.3 is 0 Å². The summed E-state index contributed by atoms with van der Waals surface area (Å²) in [4.78, 5) is 6.65. The molecule has 1 N–H and O–H groups in total. The first-order valence-corrected chi connectivity index (χ1v) is 6.15. The van der Waals surface area contributed by atoms with Crippen molar-refractivity contribution < 1.29 is 5.11 Å². The minimum atomic E-state index is -0.130. The lowest BCUT2D eigenvalue weighted by atomic mass is 9.87. The molecule has 0 aliphatic heterocycles. The van der Waals surface area contributed by atoms with Crippen LogP contribution >= 0.6 is 0 Å². The smallest absolute Gasteiger partial charge is 0.0744 e. The summed E-state index contributed by atoms with van der Waals surface area (Å²) in [7, 11) is 0. The highest BCUT2D eigenvalue weighted by Crippen LogP contribution is 2.39. The van der Waals surface area contributed by atoms with E-state index in [1.54, 1.807) is 0 Å². The van der Waals surface area contributed by atoms with E-state index in [0.29, 0.717) is 12.1 Å². The molecule has 0 radical (unpaired) electrons. The van der Waals surface area contributed by atoms with Crippen LogP contribution in [0.1, 0.15) is 31.4 Å². The van der Waals surface area contributed by atoms with Crippen LogP contribution in [0.15, 0.2) is 18.3 Å². The second kappa shape index (κ2) is 3.74. The number of hydrogen-bond donors (Lipinski definition) is 1. The number of nitrogens with zero attached hydrogens (tertiary/aromatic N) is 2. The fourth-order valence-corrected chi connectivity index (χ4v) is 2.51. The Labute approximate surface area is 96.1 Å². The highest BCUT2D eigenvalue weighted by Gasteiger charge is 2.41. The number of aromatic nitrogens is 1. The van der Waals surface area contributed by atoms with Gasteiger partial charge in [0.2, 0.25) is 0 Å². The van der Waals surface area contributed by atoms with Crippen molar-refractivity contribution in [1.82, 2.24) is 4.98 Å². The van der Waals surface area contributed by atoms with Crippen molar-refractivity contribution in [3.8, 4) is 0 Å². The van der Waals surface area contributed by atoms with Crippen LogP contribution in [0.2, 0.25) is 0 Å². The third kappa shape index (κ3) is 1.69. The zero-order valence-corrected chi connectivity index (χ0v) is 9.63. The number of hydrogen-bond acceptors (Lipinski definition) is 3. The first-order valence-electron chi connectivity index (χ1n) is 6.15. The molecule has 1 heterocycles. The average Bonchev–Trinajstić information content (AvgIpc) is 3.07. The van der Waals surface area contributed by atoms with Gasteiger partial charge in [-0.3, -0.25) is 4.98 Å². The van der Waals surface area contributed by atoms with Crippen LogP contribution in [0, 0.1) is 6.92 Å². The van der Waals surface area contributed by atoms with Crippen LogP contribution in [0.4, 0.5) is 5.69 Å². The Hall–Kier alpha value is -1.09. The summed E-state index contributed by atoms with van der Waals surface area (Å²) in [6.45, 7) is 2.02. The van der Waals surface area contributed by atoms with Crippen molar-refractivity contribution in [1.29, 1.82) is 0 Å². The van der Waals surface area contributed by atoms with E-state index in [9.17, 15) is 5.11 Å². The second-order valence-corrected chi connectivity index (χ2v) is 5.01. The summed E-state index contributed by atoms with van der Waals surface area (Å²) in [5, 5.41) is 9.83. The largest absolute Gasteiger partial charge is 0.391 e. The molecule has 3 heteroatoms. The molecule has 86 valence electrons. The molecule has 2 unspecified atom stereocenters. The summed E-state index contributed by atoms with van der Waals surface area (Å²) in [6, 6.07) is 5.19. The van der Waals surface area contributed by atoms with E-state index >= 15 is 0 Å². The summed E-state index contributed by atoms with van der Waals surface area (Å²) in [5.41, 5.74) is 2.29. The molecule has 2 aliphatic carbocycles. The van der Waals surface area contributed by atoms with E-state index in [4.69, 9.17) is 0 Å². The average molecular weight is 218 g/mol. The monoisotopic (exact) mass is 218 g/mol. The third-order valence-electron chi connectivity index (χ3n) is 3.68. The minimum Gasteiger partial charge on any atom is -0.391 e. The molecule has 0 saturated heterocycles. The van der Waals surface area contributed by atoms with Crippen LogP contribution in [0.5, 0.6) is 0 Å². The number of anilines is 1. The maximum atomic E-state index is 9.83. The van der Waals surface area contributed by atoms with Gasteiger partial charge in [0.05, 0.1) is 12.1 Å². The van der Waals surface area contributed by atoms with Crippen LogP contribution in [0.25, 0.3) is 0 Å². The molecule has 3 rings (SSSR count). The number of rotatable bonds is 3. The first-order chi connectivity index (χ1) is 7.75. The highest BCUT2D eigenvalue weighted by molar-refractivity contribution is 5.50. The molecule has 3 nitrogen and oxygen atoms in total. The summed E-state index contributed by atoms with van der Waals surface area (Å²) in [6.07, 6.45) is 6.35. The number of aliphatic hydroxyl groups is 1. The van der Waals surface area contributed by atoms with E-state index < -0.39 is 0 Å². The number of aliphatic hydroxyl groups excluding tert-OH is 1. The van der Waals surface area contributed by atoms with E-state index in [2.05, 4.69) is 22.0 Å². The van der Waals surface area contributed by atoms with Crippen molar-refractivity contribution >= 4 is 5.69 Å². The molecule has 2 atom stereocenters. The normalized spacial score (nSPS) is 28.6. The molecule has 0 aromatic carbocycles. The van der Waals surface area contributed by atoms with Crippen molar-refractivity contribution in [2.45, 2.75) is 50.8 Å².